The lowest BCUT2D eigenvalue weighted by Gasteiger charge is -2.27. The van der Waals surface area contributed by atoms with Crippen LogP contribution in [0.25, 0.3) is 11.0 Å². The standard InChI is InChI=1S/C32H39N3O3/c1-7-25-13-11-12-24(6)32(25)35(21-37-8-2)31(36)19-34-28-15-10-9-14-27(28)33-30(34)20-38-29-18-23(5)16-17-26(29)22(3)4/h9-18,22H,7-8,19-21H2,1-6H3. The Morgan fingerprint density at radius 2 is 1.82 bits per heavy atom. The smallest absolute Gasteiger partial charge is 0.248 e. The number of carbonyl (C=O) groups is 1. The van der Waals surface area contributed by atoms with Crippen LogP contribution in [0, 0.1) is 13.8 Å². The molecular weight excluding hydrogens is 474 g/mol. The summed E-state index contributed by atoms with van der Waals surface area (Å²) in [4.78, 5) is 20.6. The lowest BCUT2D eigenvalue weighted by molar-refractivity contribution is -0.120. The first-order valence-corrected chi connectivity index (χ1v) is 13.5. The zero-order valence-corrected chi connectivity index (χ0v) is 23.5. The molecule has 0 unspecified atom stereocenters. The summed E-state index contributed by atoms with van der Waals surface area (Å²) in [5, 5.41) is 0. The van der Waals surface area contributed by atoms with E-state index in [2.05, 4.69) is 52.0 Å². The molecule has 4 rings (SSSR count). The molecule has 1 aromatic heterocycles. The van der Waals surface area contributed by atoms with Gasteiger partial charge in [0.25, 0.3) is 0 Å². The molecule has 0 spiro atoms. The Kier molecular flexibility index (Phi) is 8.85. The monoisotopic (exact) mass is 513 g/mol. The second-order valence-electron chi connectivity index (χ2n) is 9.97. The van der Waals surface area contributed by atoms with Gasteiger partial charge in [0.05, 0.1) is 16.7 Å². The van der Waals surface area contributed by atoms with Gasteiger partial charge in [0.1, 0.15) is 31.5 Å². The molecule has 1 amide bonds. The molecule has 6 heteroatoms. The third kappa shape index (κ3) is 5.91. The molecule has 0 atom stereocenters. The van der Waals surface area contributed by atoms with Crippen LogP contribution >= 0.6 is 0 Å². The zero-order chi connectivity index (χ0) is 27.2. The molecule has 6 nitrogen and oxygen atoms in total. The number of carbonyl (C=O) groups excluding carboxylic acids is 1. The van der Waals surface area contributed by atoms with E-state index in [1.54, 1.807) is 4.90 Å². The molecule has 0 saturated carbocycles. The Balaban J connectivity index is 1.69. The van der Waals surface area contributed by atoms with Gasteiger partial charge in [0, 0.05) is 6.61 Å². The van der Waals surface area contributed by atoms with Gasteiger partial charge in [0.2, 0.25) is 5.91 Å². The summed E-state index contributed by atoms with van der Waals surface area (Å²) >= 11 is 0. The summed E-state index contributed by atoms with van der Waals surface area (Å²) in [6.07, 6.45) is 0.828. The van der Waals surface area contributed by atoms with Crippen LogP contribution in [0.15, 0.2) is 60.7 Å². The maximum Gasteiger partial charge on any atom is 0.248 e. The highest BCUT2D eigenvalue weighted by atomic mass is 16.5. The number of amides is 1. The van der Waals surface area contributed by atoms with Crippen molar-refractivity contribution in [3.63, 3.8) is 0 Å². The largest absolute Gasteiger partial charge is 0.485 e. The average molecular weight is 514 g/mol. The second-order valence-corrected chi connectivity index (χ2v) is 9.97. The van der Waals surface area contributed by atoms with Gasteiger partial charge in [-0.05, 0) is 73.6 Å². The van der Waals surface area contributed by atoms with Gasteiger partial charge in [0.15, 0.2) is 0 Å². The maximum atomic E-state index is 14.0. The van der Waals surface area contributed by atoms with E-state index in [0.717, 1.165) is 51.1 Å². The van der Waals surface area contributed by atoms with Crippen molar-refractivity contribution in [2.24, 2.45) is 0 Å². The molecule has 200 valence electrons. The van der Waals surface area contributed by atoms with Crippen molar-refractivity contribution < 1.29 is 14.3 Å². The van der Waals surface area contributed by atoms with E-state index in [4.69, 9.17) is 14.5 Å². The molecule has 0 N–H and O–H groups in total. The van der Waals surface area contributed by atoms with Crippen LogP contribution in [0.1, 0.15) is 61.7 Å². The van der Waals surface area contributed by atoms with Crippen molar-refractivity contribution in [1.29, 1.82) is 0 Å². The van der Waals surface area contributed by atoms with Gasteiger partial charge in [-0.25, -0.2) is 4.98 Å². The fourth-order valence-corrected chi connectivity index (χ4v) is 4.85. The van der Waals surface area contributed by atoms with Crippen LogP contribution in [0.4, 0.5) is 5.69 Å². The van der Waals surface area contributed by atoms with Crippen molar-refractivity contribution in [2.75, 3.05) is 18.2 Å². The fraction of sp³-hybridized carbons (Fsp3) is 0.375. The number of benzene rings is 3. The average Bonchev–Trinajstić information content (AvgIpc) is 3.25. The number of rotatable bonds is 11. The number of aromatic nitrogens is 2. The first-order chi connectivity index (χ1) is 18.3. The summed E-state index contributed by atoms with van der Waals surface area (Å²) in [6, 6.07) is 20.4. The molecule has 38 heavy (non-hydrogen) atoms. The molecule has 0 radical (unpaired) electrons. The predicted molar refractivity (Wildman–Crippen MR) is 154 cm³/mol. The number of anilines is 1. The second kappa shape index (κ2) is 12.3. The lowest BCUT2D eigenvalue weighted by atomic mass is 10.0. The van der Waals surface area contributed by atoms with Crippen molar-refractivity contribution >= 4 is 22.6 Å². The fourth-order valence-electron chi connectivity index (χ4n) is 4.85. The summed E-state index contributed by atoms with van der Waals surface area (Å²) in [5.41, 5.74) is 7.15. The first-order valence-electron chi connectivity index (χ1n) is 13.5. The molecule has 0 bridgehead atoms. The Morgan fingerprint density at radius 1 is 1.03 bits per heavy atom. The van der Waals surface area contributed by atoms with E-state index < -0.39 is 0 Å². The number of ether oxygens (including phenoxy) is 2. The summed E-state index contributed by atoms with van der Waals surface area (Å²) in [6.45, 7) is 13.6. The summed E-state index contributed by atoms with van der Waals surface area (Å²) < 4.78 is 14.1. The van der Waals surface area contributed by atoms with Gasteiger partial charge in [-0.15, -0.1) is 0 Å². The molecule has 0 fully saturated rings. The van der Waals surface area contributed by atoms with E-state index >= 15 is 0 Å². The Bertz CT molecular complexity index is 1410. The Labute approximate surface area is 226 Å². The van der Waals surface area contributed by atoms with Crippen molar-refractivity contribution in [3.8, 4) is 5.75 Å². The predicted octanol–water partition coefficient (Wildman–Crippen LogP) is 6.95. The van der Waals surface area contributed by atoms with Gasteiger partial charge < -0.3 is 14.0 Å². The lowest BCUT2D eigenvalue weighted by Crippen LogP contribution is -2.37. The highest BCUT2D eigenvalue weighted by molar-refractivity contribution is 5.95. The summed E-state index contributed by atoms with van der Waals surface area (Å²) in [5.74, 6) is 1.85. The quantitative estimate of drug-likeness (QED) is 0.204. The van der Waals surface area contributed by atoms with Gasteiger partial charge in [-0.2, -0.15) is 0 Å². The van der Waals surface area contributed by atoms with E-state index in [1.165, 1.54) is 0 Å². The van der Waals surface area contributed by atoms with Crippen molar-refractivity contribution in [1.82, 2.24) is 9.55 Å². The molecule has 0 aliphatic carbocycles. The SMILES string of the molecule is CCOCN(C(=O)Cn1c(COc2cc(C)ccc2C(C)C)nc2ccccc21)c1c(C)cccc1CC. The van der Waals surface area contributed by atoms with Crippen LogP contribution in [-0.4, -0.2) is 28.8 Å². The molecule has 4 aromatic rings. The van der Waals surface area contributed by atoms with Crippen molar-refractivity contribution in [3.05, 3.63) is 88.7 Å². The van der Waals surface area contributed by atoms with Crippen molar-refractivity contribution in [2.45, 2.75) is 67.0 Å². The molecule has 3 aromatic carbocycles. The van der Waals surface area contributed by atoms with E-state index in [1.807, 2.05) is 54.8 Å². The third-order valence-corrected chi connectivity index (χ3v) is 6.87. The van der Waals surface area contributed by atoms with Crippen LogP contribution in [-0.2, 0) is 29.1 Å². The minimum atomic E-state index is -0.0507. The minimum Gasteiger partial charge on any atom is -0.485 e. The number of para-hydroxylation sites is 3. The van der Waals surface area contributed by atoms with Gasteiger partial charge in [-0.1, -0.05) is 63.2 Å². The van der Waals surface area contributed by atoms with Crippen LogP contribution in [0.3, 0.4) is 0 Å². The van der Waals surface area contributed by atoms with E-state index in [9.17, 15) is 4.79 Å². The molecule has 0 aliphatic heterocycles. The van der Waals surface area contributed by atoms with E-state index in [0.29, 0.717) is 18.3 Å². The van der Waals surface area contributed by atoms with Crippen LogP contribution in [0.2, 0.25) is 0 Å². The summed E-state index contributed by atoms with van der Waals surface area (Å²) in [7, 11) is 0. The number of imidazole rings is 1. The molecule has 0 aliphatic rings. The molecule has 0 saturated heterocycles. The highest BCUT2D eigenvalue weighted by Crippen LogP contribution is 2.30. The number of aryl methyl sites for hydroxylation is 3. The van der Waals surface area contributed by atoms with Gasteiger partial charge in [-0.3, -0.25) is 9.69 Å². The number of fused-ring (bicyclic) bond motifs is 1. The highest BCUT2D eigenvalue weighted by Gasteiger charge is 2.23. The van der Waals surface area contributed by atoms with E-state index in [-0.39, 0.29) is 25.8 Å². The first kappa shape index (κ1) is 27.4. The van der Waals surface area contributed by atoms with Gasteiger partial charge >= 0.3 is 0 Å². The maximum absolute atomic E-state index is 14.0. The minimum absolute atomic E-state index is 0.0507. The number of hydrogen-bond acceptors (Lipinski definition) is 4. The molecular formula is C32H39N3O3. The third-order valence-electron chi connectivity index (χ3n) is 6.87. The zero-order valence-electron chi connectivity index (χ0n) is 23.5. The number of nitrogens with zero attached hydrogens (tertiary/aromatic N) is 3. The van der Waals surface area contributed by atoms with Crippen LogP contribution in [0.5, 0.6) is 5.75 Å². The topological polar surface area (TPSA) is 56.6 Å². The van der Waals surface area contributed by atoms with Crippen LogP contribution < -0.4 is 9.64 Å². The Morgan fingerprint density at radius 3 is 2.55 bits per heavy atom. The Hall–Kier alpha value is -3.64. The number of hydrogen-bond donors (Lipinski definition) is 0. The molecule has 1 heterocycles. The normalized spacial score (nSPS) is 11.3.